The molecule has 2 heterocycles. The quantitative estimate of drug-likeness (QED) is 0.668. The van der Waals surface area contributed by atoms with E-state index in [1.807, 2.05) is 36.4 Å². The molecule has 1 aliphatic rings. The number of piperidine rings is 1. The van der Waals surface area contributed by atoms with Crippen LogP contribution < -0.4 is 4.74 Å². The molecule has 1 saturated heterocycles. The van der Waals surface area contributed by atoms with Gasteiger partial charge < -0.3 is 9.84 Å². The molecule has 1 aliphatic heterocycles. The van der Waals surface area contributed by atoms with Crippen LogP contribution in [0.3, 0.4) is 0 Å². The number of benzene rings is 2. The lowest BCUT2D eigenvalue weighted by atomic mass is 9.92. The largest absolute Gasteiger partial charge is 0.487 e. The summed E-state index contributed by atoms with van der Waals surface area (Å²) in [7, 11) is 0. The van der Waals surface area contributed by atoms with Gasteiger partial charge in [0.15, 0.2) is 10.9 Å². The second-order valence-electron chi connectivity index (χ2n) is 7.24. The van der Waals surface area contributed by atoms with Gasteiger partial charge >= 0.3 is 0 Å². The van der Waals surface area contributed by atoms with Gasteiger partial charge in [0, 0.05) is 25.0 Å². The summed E-state index contributed by atoms with van der Waals surface area (Å²) in [4.78, 5) is 6.74. The Morgan fingerprint density at radius 2 is 1.74 bits per heavy atom. The SMILES string of the molecule is OC1(COc2cc3ccccc3nc2Cl)CCN(Cc2ccccc2)CC1. The minimum atomic E-state index is -0.831. The number of fused-ring (bicyclic) bond motifs is 1. The topological polar surface area (TPSA) is 45.6 Å². The van der Waals surface area contributed by atoms with Crippen LogP contribution in [0.1, 0.15) is 18.4 Å². The third-order valence-electron chi connectivity index (χ3n) is 5.18. The average Bonchev–Trinajstić information content (AvgIpc) is 2.69. The highest BCUT2D eigenvalue weighted by molar-refractivity contribution is 6.31. The molecule has 0 saturated carbocycles. The number of ether oxygens (including phenoxy) is 1. The molecule has 0 atom stereocenters. The van der Waals surface area contributed by atoms with E-state index in [0.29, 0.717) is 23.7 Å². The summed E-state index contributed by atoms with van der Waals surface area (Å²) in [5.74, 6) is 0.524. The predicted molar refractivity (Wildman–Crippen MR) is 108 cm³/mol. The molecule has 0 amide bonds. The molecular formula is C22H23ClN2O2. The molecule has 0 bridgehead atoms. The maximum absolute atomic E-state index is 10.9. The van der Waals surface area contributed by atoms with Gasteiger partial charge in [-0.3, -0.25) is 4.90 Å². The van der Waals surface area contributed by atoms with Crippen molar-refractivity contribution in [2.45, 2.75) is 25.0 Å². The first-order valence-electron chi connectivity index (χ1n) is 9.28. The molecule has 5 heteroatoms. The van der Waals surface area contributed by atoms with E-state index in [2.05, 4.69) is 34.1 Å². The standard InChI is InChI=1S/C22H23ClN2O2/c23-21-20(14-18-8-4-5-9-19(18)24-21)27-16-22(26)10-12-25(13-11-22)15-17-6-2-1-3-7-17/h1-9,14,26H,10-13,15-16H2. The van der Waals surface area contributed by atoms with Gasteiger partial charge in [0.25, 0.3) is 0 Å². The number of rotatable bonds is 5. The zero-order chi connectivity index (χ0) is 18.7. The average molecular weight is 383 g/mol. The highest BCUT2D eigenvalue weighted by Crippen LogP contribution is 2.30. The van der Waals surface area contributed by atoms with Gasteiger partial charge in [0.1, 0.15) is 12.2 Å². The van der Waals surface area contributed by atoms with Gasteiger partial charge in [-0.2, -0.15) is 0 Å². The molecule has 2 aromatic carbocycles. The van der Waals surface area contributed by atoms with Crippen molar-refractivity contribution in [3.05, 3.63) is 71.4 Å². The van der Waals surface area contributed by atoms with Gasteiger partial charge in [0.2, 0.25) is 0 Å². The number of hydrogen-bond donors (Lipinski definition) is 1. The summed E-state index contributed by atoms with van der Waals surface area (Å²) in [5.41, 5.74) is 1.30. The van der Waals surface area contributed by atoms with Crippen LogP contribution >= 0.6 is 11.6 Å². The lowest BCUT2D eigenvalue weighted by Gasteiger charge is -2.38. The molecule has 0 radical (unpaired) electrons. The van der Waals surface area contributed by atoms with E-state index < -0.39 is 5.60 Å². The van der Waals surface area contributed by atoms with Crippen molar-refractivity contribution in [1.29, 1.82) is 0 Å². The zero-order valence-electron chi connectivity index (χ0n) is 15.1. The molecular weight excluding hydrogens is 360 g/mol. The van der Waals surface area contributed by atoms with Crippen molar-refractivity contribution < 1.29 is 9.84 Å². The Bertz CT molecular complexity index is 909. The first-order chi connectivity index (χ1) is 13.1. The Morgan fingerprint density at radius 3 is 2.52 bits per heavy atom. The van der Waals surface area contributed by atoms with Crippen molar-refractivity contribution in [3.8, 4) is 5.75 Å². The van der Waals surface area contributed by atoms with E-state index in [1.165, 1.54) is 5.56 Å². The number of likely N-dealkylation sites (tertiary alicyclic amines) is 1. The Hall–Kier alpha value is -2.14. The second kappa shape index (κ2) is 7.85. The Labute approximate surface area is 164 Å². The highest BCUT2D eigenvalue weighted by atomic mass is 35.5. The first kappa shape index (κ1) is 18.2. The molecule has 1 N–H and O–H groups in total. The van der Waals surface area contributed by atoms with Crippen molar-refractivity contribution in [2.24, 2.45) is 0 Å². The number of aliphatic hydroxyl groups is 1. The molecule has 0 unspecified atom stereocenters. The molecule has 1 fully saturated rings. The fraction of sp³-hybridized carbons (Fsp3) is 0.318. The number of halogens is 1. The van der Waals surface area contributed by atoms with Gasteiger partial charge in [-0.1, -0.05) is 60.1 Å². The third-order valence-corrected chi connectivity index (χ3v) is 5.45. The summed E-state index contributed by atoms with van der Waals surface area (Å²) in [6, 6.07) is 20.1. The Morgan fingerprint density at radius 1 is 1.04 bits per heavy atom. The number of pyridine rings is 1. The summed E-state index contributed by atoms with van der Waals surface area (Å²) in [5, 5.41) is 12.2. The maximum Gasteiger partial charge on any atom is 0.171 e. The van der Waals surface area contributed by atoms with Crippen molar-refractivity contribution in [2.75, 3.05) is 19.7 Å². The van der Waals surface area contributed by atoms with Crippen LogP contribution in [-0.2, 0) is 6.54 Å². The number of para-hydroxylation sites is 1. The fourth-order valence-electron chi connectivity index (χ4n) is 3.50. The van der Waals surface area contributed by atoms with Gasteiger partial charge in [-0.25, -0.2) is 4.98 Å². The van der Waals surface area contributed by atoms with Crippen LogP contribution in [0, 0.1) is 0 Å². The van der Waals surface area contributed by atoms with Crippen LogP contribution in [0.4, 0.5) is 0 Å². The second-order valence-corrected chi connectivity index (χ2v) is 7.60. The van der Waals surface area contributed by atoms with E-state index in [0.717, 1.165) is 30.5 Å². The highest BCUT2D eigenvalue weighted by Gasteiger charge is 2.33. The predicted octanol–water partition coefficient (Wildman–Crippen LogP) is 4.29. The van der Waals surface area contributed by atoms with Crippen molar-refractivity contribution >= 4 is 22.5 Å². The molecule has 140 valence electrons. The minimum Gasteiger partial charge on any atom is -0.487 e. The Balaban J connectivity index is 1.35. The summed E-state index contributed by atoms with van der Waals surface area (Å²) < 4.78 is 5.88. The van der Waals surface area contributed by atoms with E-state index in [4.69, 9.17) is 16.3 Å². The molecule has 27 heavy (non-hydrogen) atoms. The summed E-state index contributed by atoms with van der Waals surface area (Å²) in [6.45, 7) is 2.83. The van der Waals surface area contributed by atoms with E-state index >= 15 is 0 Å². The maximum atomic E-state index is 10.9. The van der Waals surface area contributed by atoms with Crippen LogP contribution in [0.15, 0.2) is 60.7 Å². The van der Waals surface area contributed by atoms with Crippen LogP contribution in [0.2, 0.25) is 5.15 Å². The van der Waals surface area contributed by atoms with Crippen molar-refractivity contribution in [3.63, 3.8) is 0 Å². The van der Waals surface area contributed by atoms with Crippen LogP contribution in [0.25, 0.3) is 10.9 Å². The smallest absolute Gasteiger partial charge is 0.171 e. The monoisotopic (exact) mass is 382 g/mol. The van der Waals surface area contributed by atoms with Crippen LogP contribution in [0.5, 0.6) is 5.75 Å². The molecule has 3 aromatic rings. The lowest BCUT2D eigenvalue weighted by Crippen LogP contribution is -2.47. The van der Waals surface area contributed by atoms with Gasteiger partial charge in [0.05, 0.1) is 5.52 Å². The lowest BCUT2D eigenvalue weighted by molar-refractivity contribution is -0.0537. The van der Waals surface area contributed by atoms with E-state index in [9.17, 15) is 5.11 Å². The Kier molecular flexibility index (Phi) is 5.30. The van der Waals surface area contributed by atoms with Crippen molar-refractivity contribution in [1.82, 2.24) is 9.88 Å². The number of hydrogen-bond acceptors (Lipinski definition) is 4. The van der Waals surface area contributed by atoms with E-state index in [1.54, 1.807) is 0 Å². The number of aromatic nitrogens is 1. The normalized spacial score (nSPS) is 17.1. The zero-order valence-corrected chi connectivity index (χ0v) is 15.9. The summed E-state index contributed by atoms with van der Waals surface area (Å²) >= 11 is 6.25. The molecule has 4 nitrogen and oxygen atoms in total. The van der Waals surface area contributed by atoms with E-state index in [-0.39, 0.29) is 6.61 Å². The fourth-order valence-corrected chi connectivity index (χ4v) is 3.70. The molecule has 0 aliphatic carbocycles. The van der Waals surface area contributed by atoms with Crippen LogP contribution in [-0.4, -0.2) is 40.3 Å². The number of nitrogens with zero attached hydrogens (tertiary/aromatic N) is 2. The van der Waals surface area contributed by atoms with Gasteiger partial charge in [-0.05, 0) is 30.5 Å². The molecule has 1 aromatic heterocycles. The van der Waals surface area contributed by atoms with Gasteiger partial charge in [-0.15, -0.1) is 0 Å². The minimum absolute atomic E-state index is 0.228. The third kappa shape index (κ3) is 4.41. The summed E-state index contributed by atoms with van der Waals surface area (Å²) in [6.07, 6.45) is 1.36. The molecule has 4 rings (SSSR count). The first-order valence-corrected chi connectivity index (χ1v) is 9.66. The molecule has 0 spiro atoms.